The minimum Gasteiger partial charge on any atom is -0.389 e. The minimum absolute atomic E-state index is 0.442. The van der Waals surface area contributed by atoms with Gasteiger partial charge in [-0.2, -0.15) is 0 Å². The fourth-order valence-corrected chi connectivity index (χ4v) is 3.28. The van der Waals surface area contributed by atoms with E-state index < -0.39 is 0 Å². The van der Waals surface area contributed by atoms with Gasteiger partial charge in [0.15, 0.2) is 0 Å². The van der Waals surface area contributed by atoms with Gasteiger partial charge in [-0.15, -0.1) is 0 Å². The van der Waals surface area contributed by atoms with Crippen molar-refractivity contribution in [2.24, 2.45) is 5.73 Å². The van der Waals surface area contributed by atoms with Crippen molar-refractivity contribution < 1.29 is 0 Å². The van der Waals surface area contributed by atoms with Crippen molar-refractivity contribution in [1.82, 2.24) is 4.90 Å². The van der Waals surface area contributed by atoms with Crippen molar-refractivity contribution in [3.63, 3.8) is 0 Å². The van der Waals surface area contributed by atoms with Crippen molar-refractivity contribution in [2.45, 2.75) is 19.4 Å². The van der Waals surface area contributed by atoms with Gasteiger partial charge in [0.2, 0.25) is 0 Å². The summed E-state index contributed by atoms with van der Waals surface area (Å²) in [6, 6.07) is 6.74. The molecule has 1 aromatic rings. The van der Waals surface area contributed by atoms with E-state index in [-0.39, 0.29) is 0 Å². The summed E-state index contributed by atoms with van der Waals surface area (Å²) in [5.74, 6) is 0. The first-order valence-corrected chi connectivity index (χ1v) is 7.77. The summed E-state index contributed by atoms with van der Waals surface area (Å²) < 4.78 is 1.07. The second-order valence-corrected chi connectivity index (χ2v) is 6.31. The Kier molecular flexibility index (Phi) is 4.81. The number of thiocarbonyl (C=S) groups is 1. The molecule has 1 aliphatic rings. The third kappa shape index (κ3) is 3.27. The summed E-state index contributed by atoms with van der Waals surface area (Å²) in [5, 5.41) is 0. The number of hydrogen-bond donors (Lipinski definition) is 1. The van der Waals surface area contributed by atoms with Gasteiger partial charge in [-0.1, -0.05) is 19.1 Å². The van der Waals surface area contributed by atoms with Crippen molar-refractivity contribution in [3.05, 3.63) is 28.2 Å². The highest BCUT2D eigenvalue weighted by Gasteiger charge is 2.24. The summed E-state index contributed by atoms with van der Waals surface area (Å²) in [4.78, 5) is 5.31. The predicted octanol–water partition coefficient (Wildman–Crippen LogP) is 2.61. The number of likely N-dealkylation sites (N-methyl/N-ethyl adjacent to an activating group) is 1. The molecule has 0 saturated carbocycles. The zero-order valence-electron chi connectivity index (χ0n) is 11.4. The molecular weight excluding hydrogens is 322 g/mol. The molecule has 0 aromatic heterocycles. The van der Waals surface area contributed by atoms with Crippen LogP contribution >= 0.6 is 28.1 Å². The topological polar surface area (TPSA) is 32.5 Å². The monoisotopic (exact) mass is 341 g/mol. The third-order valence-corrected chi connectivity index (χ3v) is 4.69. The molecule has 104 valence electrons. The molecule has 1 atom stereocenters. The molecule has 0 spiro atoms. The van der Waals surface area contributed by atoms with Crippen molar-refractivity contribution in [2.75, 3.05) is 31.6 Å². The molecule has 2 rings (SSSR count). The van der Waals surface area contributed by atoms with Gasteiger partial charge in [0.25, 0.3) is 0 Å². The van der Waals surface area contributed by atoms with Crippen LogP contribution in [0.4, 0.5) is 5.69 Å². The van der Waals surface area contributed by atoms with Gasteiger partial charge in [0.1, 0.15) is 4.99 Å². The van der Waals surface area contributed by atoms with Crippen molar-refractivity contribution in [3.8, 4) is 0 Å². The first-order valence-electron chi connectivity index (χ1n) is 6.57. The maximum atomic E-state index is 5.66. The van der Waals surface area contributed by atoms with E-state index in [1.807, 2.05) is 12.1 Å². The Morgan fingerprint density at radius 2 is 2.21 bits per heavy atom. The van der Waals surface area contributed by atoms with Crippen LogP contribution in [-0.2, 0) is 0 Å². The summed E-state index contributed by atoms with van der Waals surface area (Å²) >= 11 is 8.65. The molecule has 0 amide bonds. The highest BCUT2D eigenvalue weighted by molar-refractivity contribution is 9.10. The Morgan fingerprint density at radius 3 is 2.79 bits per heavy atom. The molecule has 2 N–H and O–H groups in total. The Morgan fingerprint density at radius 1 is 1.47 bits per heavy atom. The summed E-state index contributed by atoms with van der Waals surface area (Å²) in [6.07, 6.45) is 1.18. The van der Waals surface area contributed by atoms with Crippen LogP contribution in [0.3, 0.4) is 0 Å². The van der Waals surface area contributed by atoms with Gasteiger partial charge in [0.05, 0.1) is 5.69 Å². The van der Waals surface area contributed by atoms with Gasteiger partial charge in [0, 0.05) is 35.7 Å². The number of anilines is 1. The van der Waals surface area contributed by atoms with Crippen molar-refractivity contribution in [1.29, 1.82) is 0 Å². The van der Waals surface area contributed by atoms with Gasteiger partial charge < -0.3 is 10.6 Å². The lowest BCUT2D eigenvalue weighted by molar-refractivity contribution is 0.213. The Balaban J connectivity index is 2.20. The maximum absolute atomic E-state index is 5.66. The Bertz CT molecular complexity index is 478. The smallest absolute Gasteiger partial charge is 0.104 e. The molecule has 1 aliphatic heterocycles. The fourth-order valence-electron chi connectivity index (χ4n) is 2.52. The van der Waals surface area contributed by atoms with E-state index in [4.69, 9.17) is 18.0 Å². The average Bonchev–Trinajstić information content (AvgIpc) is 2.39. The predicted molar refractivity (Wildman–Crippen MR) is 89.0 cm³/mol. The average molecular weight is 342 g/mol. The molecule has 1 saturated heterocycles. The van der Waals surface area contributed by atoms with Gasteiger partial charge in [-0.3, -0.25) is 4.90 Å². The molecular formula is C14H20BrN3S. The van der Waals surface area contributed by atoms with Crippen LogP contribution in [0.2, 0.25) is 0 Å². The SMILES string of the molecule is CCC1CN(c2ccc(C(N)=S)cc2Br)CCN1C. The molecule has 5 heteroatoms. The van der Waals surface area contributed by atoms with E-state index in [9.17, 15) is 0 Å². The van der Waals surface area contributed by atoms with Crippen LogP contribution in [0, 0.1) is 0 Å². The summed E-state index contributed by atoms with van der Waals surface area (Å²) in [6.45, 7) is 5.47. The second kappa shape index (κ2) is 6.20. The Hall–Kier alpha value is -0.650. The van der Waals surface area contributed by atoms with Crippen LogP contribution in [0.5, 0.6) is 0 Å². The number of halogens is 1. The number of piperazine rings is 1. The Labute approximate surface area is 128 Å². The standard InChI is InChI=1S/C14H20BrN3S/c1-3-11-9-18(7-6-17(11)2)13-5-4-10(14(16)19)8-12(13)15/h4-5,8,11H,3,6-7,9H2,1-2H3,(H2,16,19). The number of nitrogens with zero attached hydrogens (tertiary/aromatic N) is 2. The molecule has 3 nitrogen and oxygen atoms in total. The molecule has 0 radical (unpaired) electrons. The van der Waals surface area contributed by atoms with Crippen LogP contribution < -0.4 is 10.6 Å². The second-order valence-electron chi connectivity index (χ2n) is 5.02. The first kappa shape index (κ1) is 14.8. The third-order valence-electron chi connectivity index (χ3n) is 3.82. The molecule has 0 bridgehead atoms. The molecule has 19 heavy (non-hydrogen) atoms. The van der Waals surface area contributed by atoms with Crippen LogP contribution in [0.25, 0.3) is 0 Å². The van der Waals surface area contributed by atoms with E-state index in [0.29, 0.717) is 11.0 Å². The normalized spacial score (nSPS) is 20.6. The van der Waals surface area contributed by atoms with E-state index in [0.717, 1.165) is 29.7 Å². The summed E-state index contributed by atoms with van der Waals surface area (Å²) in [7, 11) is 2.20. The van der Waals surface area contributed by atoms with Crippen LogP contribution in [0.15, 0.2) is 22.7 Å². The zero-order valence-corrected chi connectivity index (χ0v) is 13.8. The largest absolute Gasteiger partial charge is 0.389 e. The highest BCUT2D eigenvalue weighted by atomic mass is 79.9. The lowest BCUT2D eigenvalue weighted by Gasteiger charge is -2.40. The number of rotatable bonds is 3. The maximum Gasteiger partial charge on any atom is 0.104 e. The zero-order chi connectivity index (χ0) is 14.0. The highest BCUT2D eigenvalue weighted by Crippen LogP contribution is 2.29. The minimum atomic E-state index is 0.442. The van der Waals surface area contributed by atoms with E-state index >= 15 is 0 Å². The lowest BCUT2D eigenvalue weighted by atomic mass is 10.1. The molecule has 1 heterocycles. The van der Waals surface area contributed by atoms with Gasteiger partial charge in [-0.25, -0.2) is 0 Å². The van der Waals surface area contributed by atoms with Gasteiger partial charge in [-0.05, 0) is 47.6 Å². The van der Waals surface area contributed by atoms with Crippen molar-refractivity contribution >= 4 is 38.8 Å². The van der Waals surface area contributed by atoms with E-state index in [1.165, 1.54) is 12.1 Å². The molecule has 0 aliphatic carbocycles. The van der Waals surface area contributed by atoms with Crippen LogP contribution in [0.1, 0.15) is 18.9 Å². The lowest BCUT2D eigenvalue weighted by Crippen LogP contribution is -2.51. The number of benzene rings is 1. The first-order chi connectivity index (χ1) is 9.02. The van der Waals surface area contributed by atoms with E-state index in [2.05, 4.69) is 45.8 Å². The van der Waals surface area contributed by atoms with Crippen LogP contribution in [-0.4, -0.2) is 42.6 Å². The van der Waals surface area contributed by atoms with E-state index in [1.54, 1.807) is 0 Å². The molecule has 1 aromatic carbocycles. The molecule has 1 fully saturated rings. The van der Waals surface area contributed by atoms with Gasteiger partial charge >= 0.3 is 0 Å². The molecule has 1 unspecified atom stereocenters. The number of nitrogens with two attached hydrogens (primary N) is 1. The number of hydrogen-bond acceptors (Lipinski definition) is 3. The fraction of sp³-hybridized carbons (Fsp3) is 0.500. The quantitative estimate of drug-likeness (QED) is 0.856. The summed E-state index contributed by atoms with van der Waals surface area (Å²) in [5.41, 5.74) is 7.80.